The highest BCUT2D eigenvalue weighted by Crippen LogP contribution is 2.10. The first-order valence-electron chi connectivity index (χ1n) is 6.88. The first-order chi connectivity index (χ1) is 10.3. The molecular weight excluding hydrogens is 286 g/mol. The Hall–Kier alpha value is -2.57. The van der Waals surface area contributed by atoms with Crippen LogP contribution in [0, 0.1) is 5.92 Å². The molecule has 0 aliphatic carbocycles. The third kappa shape index (κ3) is 5.43. The minimum atomic E-state index is -0.713. The van der Waals surface area contributed by atoms with Crippen molar-refractivity contribution in [3.05, 3.63) is 29.8 Å². The summed E-state index contributed by atoms with van der Waals surface area (Å²) in [4.78, 5) is 34.5. The van der Waals surface area contributed by atoms with Crippen LogP contribution in [0.15, 0.2) is 24.3 Å². The number of benzene rings is 1. The summed E-state index contributed by atoms with van der Waals surface area (Å²) in [6.45, 7) is 3.89. The molecule has 0 radical (unpaired) electrons. The molecule has 1 unspecified atom stereocenters. The SMILES string of the molecule is COC(=O)C(CC(C)C)NC(=O)Nc1ccc(C(N)=O)cc1. The van der Waals surface area contributed by atoms with Crippen LogP contribution in [0.1, 0.15) is 30.6 Å². The summed E-state index contributed by atoms with van der Waals surface area (Å²) in [5.41, 5.74) is 5.96. The van der Waals surface area contributed by atoms with E-state index in [1.807, 2.05) is 13.8 Å². The van der Waals surface area contributed by atoms with Gasteiger partial charge in [0.15, 0.2) is 0 Å². The van der Waals surface area contributed by atoms with E-state index in [0.717, 1.165) is 0 Å². The summed E-state index contributed by atoms with van der Waals surface area (Å²) in [5, 5.41) is 5.15. The molecule has 0 heterocycles. The maximum Gasteiger partial charge on any atom is 0.328 e. The second-order valence-electron chi connectivity index (χ2n) is 5.25. The monoisotopic (exact) mass is 307 g/mol. The first-order valence-corrected chi connectivity index (χ1v) is 6.88. The molecule has 1 atom stereocenters. The van der Waals surface area contributed by atoms with Crippen LogP contribution in [0.5, 0.6) is 0 Å². The van der Waals surface area contributed by atoms with Crippen molar-refractivity contribution in [1.29, 1.82) is 0 Å². The van der Waals surface area contributed by atoms with Crippen LogP contribution in [-0.2, 0) is 9.53 Å². The quantitative estimate of drug-likeness (QED) is 0.691. The van der Waals surface area contributed by atoms with E-state index in [4.69, 9.17) is 5.73 Å². The fraction of sp³-hybridized carbons (Fsp3) is 0.400. The highest BCUT2D eigenvalue weighted by molar-refractivity contribution is 5.95. The molecule has 0 aliphatic rings. The fourth-order valence-electron chi connectivity index (χ4n) is 1.87. The van der Waals surface area contributed by atoms with Crippen LogP contribution < -0.4 is 16.4 Å². The van der Waals surface area contributed by atoms with E-state index < -0.39 is 23.9 Å². The zero-order chi connectivity index (χ0) is 16.7. The van der Waals surface area contributed by atoms with Gasteiger partial charge in [-0.15, -0.1) is 0 Å². The average molecular weight is 307 g/mol. The van der Waals surface area contributed by atoms with Crippen molar-refractivity contribution in [1.82, 2.24) is 5.32 Å². The summed E-state index contributed by atoms with van der Waals surface area (Å²) >= 11 is 0. The maximum atomic E-state index is 11.9. The zero-order valence-electron chi connectivity index (χ0n) is 12.9. The van der Waals surface area contributed by atoms with Gasteiger partial charge in [-0.2, -0.15) is 0 Å². The van der Waals surface area contributed by atoms with Gasteiger partial charge < -0.3 is 21.1 Å². The van der Waals surface area contributed by atoms with E-state index in [2.05, 4.69) is 15.4 Å². The maximum absolute atomic E-state index is 11.9. The van der Waals surface area contributed by atoms with Gasteiger partial charge >= 0.3 is 12.0 Å². The van der Waals surface area contributed by atoms with Gasteiger partial charge in [0.1, 0.15) is 6.04 Å². The highest BCUT2D eigenvalue weighted by Gasteiger charge is 2.22. The van der Waals surface area contributed by atoms with Gasteiger partial charge in [-0.25, -0.2) is 9.59 Å². The van der Waals surface area contributed by atoms with Crippen molar-refractivity contribution >= 4 is 23.6 Å². The Bertz CT molecular complexity index is 540. The number of urea groups is 1. The topological polar surface area (TPSA) is 111 Å². The lowest BCUT2D eigenvalue weighted by molar-refractivity contribution is -0.143. The number of anilines is 1. The fourth-order valence-corrected chi connectivity index (χ4v) is 1.87. The Morgan fingerprint density at radius 3 is 2.23 bits per heavy atom. The van der Waals surface area contributed by atoms with Gasteiger partial charge in [0.05, 0.1) is 7.11 Å². The number of methoxy groups -OCH3 is 1. The second-order valence-corrected chi connectivity index (χ2v) is 5.25. The van der Waals surface area contributed by atoms with Gasteiger partial charge in [-0.1, -0.05) is 13.8 Å². The minimum absolute atomic E-state index is 0.222. The average Bonchev–Trinajstić information content (AvgIpc) is 2.45. The third-order valence-corrected chi connectivity index (χ3v) is 2.93. The Morgan fingerprint density at radius 1 is 1.18 bits per heavy atom. The molecule has 0 aliphatic heterocycles. The van der Waals surface area contributed by atoms with Crippen LogP contribution in [0.4, 0.5) is 10.5 Å². The second kappa shape index (κ2) is 8.02. The van der Waals surface area contributed by atoms with Crippen molar-refractivity contribution < 1.29 is 19.1 Å². The lowest BCUT2D eigenvalue weighted by Gasteiger charge is -2.18. The predicted octanol–water partition coefficient (Wildman–Crippen LogP) is 1.49. The molecule has 120 valence electrons. The molecular formula is C15H21N3O4. The third-order valence-electron chi connectivity index (χ3n) is 2.93. The van der Waals surface area contributed by atoms with Gasteiger partial charge in [-0.3, -0.25) is 4.79 Å². The van der Waals surface area contributed by atoms with Crippen LogP contribution in [0.25, 0.3) is 0 Å². The standard InChI is InChI=1S/C15H21N3O4/c1-9(2)8-12(14(20)22-3)18-15(21)17-11-6-4-10(5-7-11)13(16)19/h4-7,9,12H,8H2,1-3H3,(H2,16,19)(H2,17,18,21). The number of primary amides is 1. The summed E-state index contributed by atoms with van der Waals surface area (Å²) in [6, 6.07) is 4.87. The number of carbonyl (C=O) groups is 3. The number of amides is 3. The van der Waals surface area contributed by atoms with E-state index in [9.17, 15) is 14.4 Å². The van der Waals surface area contributed by atoms with Crippen molar-refractivity contribution in [3.8, 4) is 0 Å². The molecule has 22 heavy (non-hydrogen) atoms. The number of ether oxygens (including phenoxy) is 1. The molecule has 0 saturated carbocycles. The molecule has 1 aromatic rings. The number of hydrogen-bond donors (Lipinski definition) is 3. The highest BCUT2D eigenvalue weighted by atomic mass is 16.5. The van der Waals surface area contributed by atoms with E-state index in [1.165, 1.54) is 19.2 Å². The molecule has 7 nitrogen and oxygen atoms in total. The summed E-state index contributed by atoms with van der Waals surface area (Å²) in [5.74, 6) is -0.814. The number of nitrogens with two attached hydrogens (primary N) is 1. The normalized spacial score (nSPS) is 11.6. The van der Waals surface area contributed by atoms with Crippen molar-refractivity contribution in [2.24, 2.45) is 11.7 Å². The molecule has 3 amide bonds. The molecule has 0 saturated heterocycles. The first kappa shape index (κ1) is 17.5. The molecule has 0 spiro atoms. The lowest BCUT2D eigenvalue weighted by atomic mass is 10.0. The van der Waals surface area contributed by atoms with Gasteiger partial charge in [0.25, 0.3) is 0 Å². The Morgan fingerprint density at radius 2 is 1.77 bits per heavy atom. The van der Waals surface area contributed by atoms with Crippen LogP contribution in [-0.4, -0.2) is 31.1 Å². The smallest absolute Gasteiger partial charge is 0.328 e. The van der Waals surface area contributed by atoms with E-state index >= 15 is 0 Å². The molecule has 4 N–H and O–H groups in total. The van der Waals surface area contributed by atoms with E-state index in [-0.39, 0.29) is 5.92 Å². The van der Waals surface area contributed by atoms with E-state index in [1.54, 1.807) is 12.1 Å². The minimum Gasteiger partial charge on any atom is -0.467 e. The number of esters is 1. The van der Waals surface area contributed by atoms with Crippen molar-refractivity contribution in [3.63, 3.8) is 0 Å². The zero-order valence-corrected chi connectivity index (χ0v) is 12.9. The summed E-state index contributed by atoms with van der Waals surface area (Å²) < 4.78 is 4.67. The number of nitrogens with one attached hydrogen (secondary N) is 2. The summed E-state index contributed by atoms with van der Waals surface area (Å²) in [6.07, 6.45) is 0.473. The van der Waals surface area contributed by atoms with Gasteiger partial charge in [0, 0.05) is 11.3 Å². The Kier molecular flexibility index (Phi) is 6.37. The van der Waals surface area contributed by atoms with Crippen LogP contribution >= 0.6 is 0 Å². The Balaban J connectivity index is 2.66. The molecule has 7 heteroatoms. The van der Waals surface area contributed by atoms with Crippen LogP contribution in [0.3, 0.4) is 0 Å². The molecule has 1 rings (SSSR count). The van der Waals surface area contributed by atoms with Crippen molar-refractivity contribution in [2.75, 3.05) is 12.4 Å². The molecule has 0 bridgehead atoms. The van der Waals surface area contributed by atoms with Gasteiger partial charge in [0.2, 0.25) is 5.91 Å². The van der Waals surface area contributed by atoms with Gasteiger partial charge in [-0.05, 0) is 36.6 Å². The lowest BCUT2D eigenvalue weighted by Crippen LogP contribution is -2.44. The number of rotatable bonds is 6. The van der Waals surface area contributed by atoms with Crippen LogP contribution in [0.2, 0.25) is 0 Å². The number of carbonyl (C=O) groups excluding carboxylic acids is 3. The number of hydrogen-bond acceptors (Lipinski definition) is 4. The molecule has 1 aromatic carbocycles. The predicted molar refractivity (Wildman–Crippen MR) is 82.4 cm³/mol. The molecule has 0 aromatic heterocycles. The van der Waals surface area contributed by atoms with Crippen molar-refractivity contribution in [2.45, 2.75) is 26.3 Å². The summed E-state index contributed by atoms with van der Waals surface area (Å²) in [7, 11) is 1.28. The Labute approximate surface area is 129 Å². The largest absolute Gasteiger partial charge is 0.467 e. The molecule has 0 fully saturated rings. The van der Waals surface area contributed by atoms with E-state index in [0.29, 0.717) is 17.7 Å².